The number of hydrogen-bond donors (Lipinski definition) is 1. The van der Waals surface area contributed by atoms with Crippen molar-refractivity contribution >= 4 is 11.8 Å². The molecular formula is C21H26N2O3. The van der Waals surface area contributed by atoms with Crippen molar-refractivity contribution in [3.05, 3.63) is 60.1 Å². The summed E-state index contributed by atoms with van der Waals surface area (Å²) in [5, 5.41) is 3.10. The minimum atomic E-state index is -0.145. The summed E-state index contributed by atoms with van der Waals surface area (Å²) < 4.78 is 4.99. The Balaban J connectivity index is 1.55. The predicted molar refractivity (Wildman–Crippen MR) is 99.8 cm³/mol. The molecule has 2 heterocycles. The van der Waals surface area contributed by atoms with Crippen LogP contribution < -0.4 is 5.32 Å². The van der Waals surface area contributed by atoms with Gasteiger partial charge in [0.1, 0.15) is 6.26 Å². The Labute approximate surface area is 154 Å². The number of carbonyl (C=O) groups is 2. The van der Waals surface area contributed by atoms with Crippen molar-refractivity contribution in [2.24, 2.45) is 5.92 Å². The van der Waals surface area contributed by atoms with Crippen LogP contribution in [0.25, 0.3) is 0 Å². The first-order valence-corrected chi connectivity index (χ1v) is 9.33. The Kier molecular flexibility index (Phi) is 6.10. The van der Waals surface area contributed by atoms with Crippen LogP contribution in [0.4, 0.5) is 0 Å². The number of furan rings is 1. The Hall–Kier alpha value is -2.56. The van der Waals surface area contributed by atoms with Gasteiger partial charge < -0.3 is 14.6 Å². The highest BCUT2D eigenvalue weighted by Gasteiger charge is 2.29. The topological polar surface area (TPSA) is 62.6 Å². The SMILES string of the molecule is CC[C@@H](CNC(=O)[C@H]1CCCN(C(=O)c2ccoc2)C1)c1ccccc1. The highest BCUT2D eigenvalue weighted by atomic mass is 16.3. The zero-order valence-corrected chi connectivity index (χ0v) is 15.2. The molecule has 1 N–H and O–H groups in total. The summed E-state index contributed by atoms with van der Waals surface area (Å²) in [4.78, 5) is 26.9. The highest BCUT2D eigenvalue weighted by molar-refractivity contribution is 5.94. The smallest absolute Gasteiger partial charge is 0.257 e. The van der Waals surface area contributed by atoms with Gasteiger partial charge in [-0.15, -0.1) is 0 Å². The van der Waals surface area contributed by atoms with Gasteiger partial charge in [0.15, 0.2) is 0 Å². The van der Waals surface area contributed by atoms with E-state index in [0.29, 0.717) is 31.1 Å². The lowest BCUT2D eigenvalue weighted by Gasteiger charge is -2.32. The number of hydrogen-bond acceptors (Lipinski definition) is 3. The summed E-state index contributed by atoms with van der Waals surface area (Å²) in [5.74, 6) is 0.149. The van der Waals surface area contributed by atoms with E-state index in [4.69, 9.17) is 4.42 Å². The lowest BCUT2D eigenvalue weighted by atomic mass is 9.94. The fraction of sp³-hybridized carbons (Fsp3) is 0.429. The van der Waals surface area contributed by atoms with E-state index in [1.807, 2.05) is 18.2 Å². The minimum absolute atomic E-state index is 0.0454. The van der Waals surface area contributed by atoms with Crippen molar-refractivity contribution in [1.82, 2.24) is 10.2 Å². The van der Waals surface area contributed by atoms with E-state index in [9.17, 15) is 9.59 Å². The quantitative estimate of drug-likeness (QED) is 0.864. The van der Waals surface area contributed by atoms with Gasteiger partial charge in [-0.05, 0) is 30.9 Å². The van der Waals surface area contributed by atoms with E-state index >= 15 is 0 Å². The third kappa shape index (κ3) is 4.34. The minimum Gasteiger partial charge on any atom is -0.472 e. The first kappa shape index (κ1) is 18.2. The second kappa shape index (κ2) is 8.70. The molecule has 138 valence electrons. The van der Waals surface area contributed by atoms with E-state index in [-0.39, 0.29) is 17.7 Å². The van der Waals surface area contributed by atoms with Crippen molar-refractivity contribution in [1.29, 1.82) is 0 Å². The van der Waals surface area contributed by atoms with Crippen molar-refractivity contribution < 1.29 is 14.0 Å². The van der Waals surface area contributed by atoms with Gasteiger partial charge in [0, 0.05) is 25.6 Å². The Bertz CT molecular complexity index is 712. The van der Waals surface area contributed by atoms with Gasteiger partial charge in [-0.25, -0.2) is 0 Å². The number of rotatable bonds is 6. The van der Waals surface area contributed by atoms with Crippen LogP contribution in [0.15, 0.2) is 53.3 Å². The molecule has 1 saturated heterocycles. The molecule has 0 unspecified atom stereocenters. The summed E-state index contributed by atoms with van der Waals surface area (Å²) in [5.41, 5.74) is 1.79. The first-order chi connectivity index (χ1) is 12.7. The predicted octanol–water partition coefficient (Wildman–Crippen LogP) is 3.44. The molecule has 0 spiro atoms. The molecule has 1 aliphatic rings. The molecule has 0 radical (unpaired) electrons. The lowest BCUT2D eigenvalue weighted by molar-refractivity contribution is -0.126. The van der Waals surface area contributed by atoms with E-state index in [2.05, 4.69) is 24.4 Å². The second-order valence-corrected chi connectivity index (χ2v) is 6.86. The van der Waals surface area contributed by atoms with E-state index in [1.165, 1.54) is 18.1 Å². The summed E-state index contributed by atoms with van der Waals surface area (Å²) in [6.07, 6.45) is 5.59. The number of nitrogens with one attached hydrogen (secondary N) is 1. The second-order valence-electron chi connectivity index (χ2n) is 6.86. The van der Waals surface area contributed by atoms with Gasteiger partial charge in [-0.2, -0.15) is 0 Å². The van der Waals surface area contributed by atoms with Crippen LogP contribution in [0.5, 0.6) is 0 Å². The average molecular weight is 354 g/mol. The Morgan fingerprint density at radius 3 is 2.77 bits per heavy atom. The summed E-state index contributed by atoms with van der Waals surface area (Å²) in [6, 6.07) is 11.9. The summed E-state index contributed by atoms with van der Waals surface area (Å²) in [6.45, 7) is 3.93. The zero-order valence-electron chi connectivity index (χ0n) is 15.2. The maximum Gasteiger partial charge on any atom is 0.257 e. The fourth-order valence-corrected chi connectivity index (χ4v) is 3.54. The molecule has 5 nitrogen and oxygen atoms in total. The number of carbonyl (C=O) groups excluding carboxylic acids is 2. The van der Waals surface area contributed by atoms with Gasteiger partial charge >= 0.3 is 0 Å². The molecular weight excluding hydrogens is 328 g/mol. The third-order valence-corrected chi connectivity index (χ3v) is 5.13. The van der Waals surface area contributed by atoms with E-state index in [0.717, 1.165) is 19.3 Å². The highest BCUT2D eigenvalue weighted by Crippen LogP contribution is 2.21. The third-order valence-electron chi connectivity index (χ3n) is 5.13. The Morgan fingerprint density at radius 1 is 1.27 bits per heavy atom. The Morgan fingerprint density at radius 2 is 2.08 bits per heavy atom. The standard InChI is InChI=1S/C21H26N2O3/c1-2-16(17-7-4-3-5-8-17)13-22-20(24)18-9-6-11-23(14-18)21(25)19-10-12-26-15-19/h3-5,7-8,10,12,15-16,18H,2,6,9,11,13-14H2,1H3,(H,22,24)/t16-,18-/m0/s1. The van der Waals surface area contributed by atoms with Crippen LogP contribution >= 0.6 is 0 Å². The molecule has 0 aliphatic carbocycles. The van der Waals surface area contributed by atoms with Crippen LogP contribution in [0.3, 0.4) is 0 Å². The number of benzene rings is 1. The summed E-state index contributed by atoms with van der Waals surface area (Å²) >= 11 is 0. The molecule has 1 fully saturated rings. The lowest BCUT2D eigenvalue weighted by Crippen LogP contribution is -2.46. The van der Waals surface area contributed by atoms with Crippen LogP contribution in [-0.4, -0.2) is 36.3 Å². The molecule has 2 amide bonds. The maximum atomic E-state index is 12.6. The van der Waals surface area contributed by atoms with Gasteiger partial charge in [0.2, 0.25) is 5.91 Å². The zero-order chi connectivity index (χ0) is 18.4. The molecule has 5 heteroatoms. The average Bonchev–Trinajstić information content (AvgIpc) is 3.23. The largest absolute Gasteiger partial charge is 0.472 e. The number of amides is 2. The van der Waals surface area contributed by atoms with Crippen molar-refractivity contribution in [3.8, 4) is 0 Å². The number of piperidine rings is 1. The van der Waals surface area contributed by atoms with Crippen LogP contribution in [0.1, 0.15) is 48.0 Å². The van der Waals surface area contributed by atoms with Crippen molar-refractivity contribution in [2.45, 2.75) is 32.1 Å². The van der Waals surface area contributed by atoms with Gasteiger partial charge in [-0.1, -0.05) is 37.3 Å². The maximum absolute atomic E-state index is 12.6. The number of likely N-dealkylation sites (tertiary alicyclic amines) is 1. The molecule has 0 bridgehead atoms. The molecule has 1 aromatic heterocycles. The monoisotopic (exact) mass is 354 g/mol. The molecule has 0 saturated carbocycles. The van der Waals surface area contributed by atoms with Crippen LogP contribution in [0, 0.1) is 5.92 Å². The van der Waals surface area contributed by atoms with Gasteiger partial charge in [0.25, 0.3) is 5.91 Å². The normalized spacial score (nSPS) is 18.3. The van der Waals surface area contributed by atoms with E-state index < -0.39 is 0 Å². The van der Waals surface area contributed by atoms with Crippen LogP contribution in [-0.2, 0) is 4.79 Å². The molecule has 1 aromatic carbocycles. The number of nitrogens with zero attached hydrogens (tertiary/aromatic N) is 1. The van der Waals surface area contributed by atoms with Crippen molar-refractivity contribution in [2.75, 3.05) is 19.6 Å². The molecule has 2 aromatic rings. The first-order valence-electron chi connectivity index (χ1n) is 9.33. The fourth-order valence-electron chi connectivity index (χ4n) is 3.54. The van der Waals surface area contributed by atoms with Crippen LogP contribution in [0.2, 0.25) is 0 Å². The van der Waals surface area contributed by atoms with Gasteiger partial charge in [0.05, 0.1) is 17.7 Å². The van der Waals surface area contributed by atoms with Gasteiger partial charge in [-0.3, -0.25) is 9.59 Å². The molecule has 3 rings (SSSR count). The van der Waals surface area contributed by atoms with Crippen molar-refractivity contribution in [3.63, 3.8) is 0 Å². The summed E-state index contributed by atoms with van der Waals surface area (Å²) in [7, 11) is 0. The van der Waals surface area contributed by atoms with E-state index in [1.54, 1.807) is 11.0 Å². The molecule has 1 aliphatic heterocycles. The molecule has 26 heavy (non-hydrogen) atoms. The molecule has 2 atom stereocenters.